The molecule has 3 unspecified atom stereocenters. The Labute approximate surface area is 168 Å². The molecule has 5 heteroatoms. The summed E-state index contributed by atoms with van der Waals surface area (Å²) >= 11 is 0. The number of esters is 1. The second-order valence-electron chi connectivity index (χ2n) is 7.58. The van der Waals surface area contributed by atoms with Gasteiger partial charge in [-0.1, -0.05) is 38.8 Å². The zero-order chi connectivity index (χ0) is 20.5. The summed E-state index contributed by atoms with van der Waals surface area (Å²) in [5, 5.41) is 0. The fraction of sp³-hybridized carbons (Fsp3) is 0.565. The molecule has 0 aromatic heterocycles. The monoisotopic (exact) mass is 387 g/mol. The lowest BCUT2D eigenvalue weighted by molar-refractivity contribution is -0.147. The smallest absolute Gasteiger partial charge is 0.310 e. The molecule has 0 bridgehead atoms. The van der Waals surface area contributed by atoms with E-state index >= 15 is 0 Å². The lowest BCUT2D eigenvalue weighted by atomic mass is 9.84. The van der Waals surface area contributed by atoms with Crippen LogP contribution in [0.5, 0.6) is 5.75 Å². The van der Waals surface area contributed by atoms with Gasteiger partial charge in [-0.25, -0.2) is 0 Å². The molecule has 3 atom stereocenters. The third kappa shape index (κ3) is 6.11. The summed E-state index contributed by atoms with van der Waals surface area (Å²) in [4.78, 5) is 26.8. The van der Waals surface area contributed by atoms with Crippen molar-refractivity contribution in [3.8, 4) is 5.75 Å². The number of nitrogens with zero attached hydrogens (tertiary/aromatic N) is 1. The molecule has 1 aromatic rings. The Morgan fingerprint density at radius 1 is 1.21 bits per heavy atom. The largest absolute Gasteiger partial charge is 0.494 e. The Kier molecular flexibility index (Phi) is 8.55. The van der Waals surface area contributed by atoms with Gasteiger partial charge in [-0.05, 0) is 49.5 Å². The van der Waals surface area contributed by atoms with E-state index in [0.717, 1.165) is 30.6 Å². The molecule has 0 N–H and O–H groups in total. The lowest BCUT2D eigenvalue weighted by Gasteiger charge is -2.39. The van der Waals surface area contributed by atoms with Crippen molar-refractivity contribution in [1.29, 1.82) is 0 Å². The maximum atomic E-state index is 13.0. The van der Waals surface area contributed by atoms with Gasteiger partial charge in [0.2, 0.25) is 5.91 Å². The highest BCUT2D eigenvalue weighted by Gasteiger charge is 2.31. The van der Waals surface area contributed by atoms with Gasteiger partial charge in [-0.15, -0.1) is 0 Å². The van der Waals surface area contributed by atoms with Crippen molar-refractivity contribution >= 4 is 18.0 Å². The van der Waals surface area contributed by atoms with E-state index in [9.17, 15) is 9.59 Å². The van der Waals surface area contributed by atoms with Crippen molar-refractivity contribution in [2.75, 3.05) is 20.3 Å². The number of methoxy groups -OCH3 is 1. The van der Waals surface area contributed by atoms with Gasteiger partial charge >= 0.3 is 5.97 Å². The van der Waals surface area contributed by atoms with Gasteiger partial charge in [0.15, 0.2) is 0 Å². The molecule has 0 heterocycles. The minimum atomic E-state index is -0.345. The number of rotatable bonds is 8. The van der Waals surface area contributed by atoms with Crippen LogP contribution in [0.25, 0.3) is 6.08 Å². The molecule has 154 valence electrons. The quantitative estimate of drug-likeness (QED) is 0.492. The van der Waals surface area contributed by atoms with Crippen molar-refractivity contribution in [3.05, 3.63) is 35.9 Å². The second-order valence-corrected chi connectivity index (χ2v) is 7.58. The Bertz CT molecular complexity index is 668. The van der Waals surface area contributed by atoms with Crippen LogP contribution in [0.2, 0.25) is 0 Å². The summed E-state index contributed by atoms with van der Waals surface area (Å²) in [6, 6.07) is 7.82. The Balaban J connectivity index is 2.13. The zero-order valence-corrected chi connectivity index (χ0v) is 17.5. The summed E-state index contributed by atoms with van der Waals surface area (Å²) in [5.41, 5.74) is 0.939. The number of benzene rings is 1. The summed E-state index contributed by atoms with van der Waals surface area (Å²) in [5.74, 6) is 0.569. The predicted octanol–water partition coefficient (Wildman–Crippen LogP) is 4.31. The minimum Gasteiger partial charge on any atom is -0.494 e. The fourth-order valence-corrected chi connectivity index (χ4v) is 3.82. The van der Waals surface area contributed by atoms with Crippen LogP contribution in [0.3, 0.4) is 0 Å². The minimum absolute atomic E-state index is 0.0524. The standard InChI is InChI=1S/C23H33NO4/c1-5-28-20-13-10-19(11-14-20)12-15-22(25)24(16-18(3)23(26)27-4)21-9-7-6-8-17(21)2/h10-15,17-18,21H,5-9,16H2,1-4H3/b15-12+. The van der Waals surface area contributed by atoms with Gasteiger partial charge in [0.05, 0.1) is 19.6 Å². The summed E-state index contributed by atoms with van der Waals surface area (Å²) < 4.78 is 10.3. The van der Waals surface area contributed by atoms with Crippen LogP contribution in [0.15, 0.2) is 30.3 Å². The lowest BCUT2D eigenvalue weighted by Crippen LogP contribution is -2.47. The highest BCUT2D eigenvalue weighted by Crippen LogP contribution is 2.29. The second kappa shape index (κ2) is 10.9. The van der Waals surface area contributed by atoms with Gasteiger partial charge in [0, 0.05) is 18.7 Å². The normalized spacial score (nSPS) is 20.6. The van der Waals surface area contributed by atoms with E-state index in [1.165, 1.54) is 13.5 Å². The summed E-state index contributed by atoms with van der Waals surface area (Å²) in [6.45, 7) is 6.97. The molecule has 2 rings (SSSR count). The third-order valence-electron chi connectivity index (χ3n) is 5.43. The number of carbonyl (C=O) groups is 2. The molecule has 5 nitrogen and oxygen atoms in total. The molecule has 0 aliphatic heterocycles. The topological polar surface area (TPSA) is 55.8 Å². The number of carbonyl (C=O) groups excluding carboxylic acids is 2. The van der Waals surface area contributed by atoms with Gasteiger partial charge < -0.3 is 14.4 Å². The van der Waals surface area contributed by atoms with E-state index in [2.05, 4.69) is 6.92 Å². The first-order valence-electron chi connectivity index (χ1n) is 10.3. The molecule has 1 fully saturated rings. The number of hydrogen-bond acceptors (Lipinski definition) is 4. The summed E-state index contributed by atoms with van der Waals surface area (Å²) in [7, 11) is 1.39. The average Bonchev–Trinajstić information content (AvgIpc) is 2.71. The van der Waals surface area contributed by atoms with Crippen LogP contribution in [0.1, 0.15) is 52.0 Å². The number of amides is 1. The van der Waals surface area contributed by atoms with E-state index in [1.54, 1.807) is 6.08 Å². The molecule has 1 saturated carbocycles. The first kappa shape index (κ1) is 22.0. The Morgan fingerprint density at radius 2 is 1.89 bits per heavy atom. The molecule has 1 aromatic carbocycles. The maximum Gasteiger partial charge on any atom is 0.310 e. The summed E-state index contributed by atoms with van der Waals surface area (Å²) in [6.07, 6.45) is 7.85. The highest BCUT2D eigenvalue weighted by molar-refractivity contribution is 5.92. The van der Waals surface area contributed by atoms with Crippen molar-refractivity contribution in [2.24, 2.45) is 11.8 Å². The van der Waals surface area contributed by atoms with Gasteiger partial charge in [-0.3, -0.25) is 9.59 Å². The molecular formula is C23H33NO4. The first-order chi connectivity index (χ1) is 13.5. The number of hydrogen-bond donors (Lipinski definition) is 0. The first-order valence-corrected chi connectivity index (χ1v) is 10.3. The van der Waals surface area contributed by atoms with Gasteiger partial charge in [0.1, 0.15) is 5.75 Å². The Morgan fingerprint density at radius 3 is 2.50 bits per heavy atom. The highest BCUT2D eigenvalue weighted by atomic mass is 16.5. The molecule has 0 spiro atoms. The van der Waals surface area contributed by atoms with Crippen LogP contribution >= 0.6 is 0 Å². The molecule has 1 amide bonds. The molecule has 0 radical (unpaired) electrons. The van der Waals surface area contributed by atoms with Crippen LogP contribution in [0, 0.1) is 11.8 Å². The van der Waals surface area contributed by atoms with E-state index < -0.39 is 0 Å². The van der Waals surface area contributed by atoms with E-state index in [0.29, 0.717) is 19.1 Å². The van der Waals surface area contributed by atoms with Crippen LogP contribution in [0.4, 0.5) is 0 Å². The molecular weight excluding hydrogens is 354 g/mol. The van der Waals surface area contributed by atoms with E-state index in [1.807, 2.05) is 49.1 Å². The van der Waals surface area contributed by atoms with E-state index in [4.69, 9.17) is 9.47 Å². The molecule has 0 saturated heterocycles. The maximum absolute atomic E-state index is 13.0. The van der Waals surface area contributed by atoms with Crippen molar-refractivity contribution in [1.82, 2.24) is 4.90 Å². The predicted molar refractivity (Wildman–Crippen MR) is 111 cm³/mol. The molecule has 28 heavy (non-hydrogen) atoms. The van der Waals surface area contributed by atoms with Crippen molar-refractivity contribution in [3.63, 3.8) is 0 Å². The number of ether oxygens (including phenoxy) is 2. The van der Waals surface area contributed by atoms with Crippen LogP contribution < -0.4 is 4.74 Å². The van der Waals surface area contributed by atoms with Crippen molar-refractivity contribution < 1.29 is 19.1 Å². The van der Waals surface area contributed by atoms with Crippen molar-refractivity contribution in [2.45, 2.75) is 52.5 Å². The average molecular weight is 388 g/mol. The van der Waals surface area contributed by atoms with Crippen LogP contribution in [-0.2, 0) is 14.3 Å². The van der Waals surface area contributed by atoms with Gasteiger partial charge in [0.25, 0.3) is 0 Å². The van der Waals surface area contributed by atoms with Crippen LogP contribution in [-0.4, -0.2) is 43.1 Å². The zero-order valence-electron chi connectivity index (χ0n) is 17.5. The fourth-order valence-electron chi connectivity index (χ4n) is 3.82. The molecule has 1 aliphatic rings. The van der Waals surface area contributed by atoms with E-state index in [-0.39, 0.29) is 23.8 Å². The molecule has 1 aliphatic carbocycles. The Hall–Kier alpha value is -2.30. The van der Waals surface area contributed by atoms with Gasteiger partial charge in [-0.2, -0.15) is 0 Å². The third-order valence-corrected chi connectivity index (χ3v) is 5.43. The SMILES string of the molecule is CCOc1ccc(/C=C/C(=O)N(CC(C)C(=O)OC)C2CCCCC2C)cc1.